The van der Waals surface area contributed by atoms with Crippen LogP contribution in [-0.2, 0) is 17.8 Å². The van der Waals surface area contributed by atoms with Crippen molar-refractivity contribution < 1.29 is 4.79 Å². The summed E-state index contributed by atoms with van der Waals surface area (Å²) in [7, 11) is 0. The first-order valence-electron chi connectivity index (χ1n) is 7.61. The lowest BCUT2D eigenvalue weighted by Gasteiger charge is -2.27. The molecule has 124 valence electrons. The Bertz CT molecular complexity index is 888. The second-order valence-electron chi connectivity index (χ2n) is 5.52. The Hall–Kier alpha value is -1.51. The Kier molecular flexibility index (Phi) is 4.51. The summed E-state index contributed by atoms with van der Waals surface area (Å²) in [5.74, 6) is 0.581. The number of nitrogens with one attached hydrogen (secondary N) is 1. The third kappa shape index (κ3) is 3.05. The Morgan fingerprint density at radius 1 is 1.33 bits per heavy atom. The van der Waals surface area contributed by atoms with Crippen molar-refractivity contribution in [3.05, 3.63) is 35.5 Å². The first kappa shape index (κ1) is 16.0. The molecule has 0 fully saturated rings. The summed E-state index contributed by atoms with van der Waals surface area (Å²) in [6.07, 6.45) is 2.86. The molecule has 0 aliphatic carbocycles. The zero-order valence-electron chi connectivity index (χ0n) is 13.1. The summed E-state index contributed by atoms with van der Waals surface area (Å²) >= 11 is 4.60. The van der Waals surface area contributed by atoms with Gasteiger partial charge in [0.05, 0.1) is 5.75 Å². The molecular formula is C16H16N4OS3. The van der Waals surface area contributed by atoms with Crippen molar-refractivity contribution in [2.45, 2.75) is 21.6 Å². The second kappa shape index (κ2) is 6.78. The van der Waals surface area contributed by atoms with Crippen LogP contribution in [0.1, 0.15) is 11.3 Å². The third-order valence-corrected chi connectivity index (χ3v) is 7.13. The number of nitrogens with zero attached hydrogens (tertiary/aromatic N) is 3. The van der Waals surface area contributed by atoms with Crippen LogP contribution in [0.2, 0.25) is 0 Å². The molecule has 1 aliphatic heterocycles. The maximum Gasteiger partial charge on any atom is 0.233 e. The van der Waals surface area contributed by atoms with Crippen molar-refractivity contribution in [1.29, 1.82) is 0 Å². The molecule has 8 heteroatoms. The van der Waals surface area contributed by atoms with Gasteiger partial charge in [-0.1, -0.05) is 53.1 Å². The van der Waals surface area contributed by atoms with Gasteiger partial charge in [-0.15, -0.1) is 10.2 Å². The lowest BCUT2D eigenvalue weighted by molar-refractivity contribution is -0.129. The molecule has 0 radical (unpaired) electrons. The number of H-pyrrole nitrogens is 1. The molecule has 0 spiro atoms. The molecule has 1 aliphatic rings. The summed E-state index contributed by atoms with van der Waals surface area (Å²) in [6, 6.07) is 8.30. The normalized spacial score (nSPS) is 14.1. The van der Waals surface area contributed by atoms with Crippen molar-refractivity contribution in [3.63, 3.8) is 0 Å². The van der Waals surface area contributed by atoms with Crippen LogP contribution in [0, 0.1) is 0 Å². The highest BCUT2D eigenvalue weighted by molar-refractivity contribution is 8.03. The SMILES string of the molecule is CSc1nnc(SCC(=O)N2CCc3[nH]c4ccccc4c3C2)s1. The van der Waals surface area contributed by atoms with Crippen LogP contribution in [0.15, 0.2) is 32.9 Å². The fourth-order valence-electron chi connectivity index (χ4n) is 2.93. The highest BCUT2D eigenvalue weighted by Gasteiger charge is 2.24. The predicted molar refractivity (Wildman–Crippen MR) is 99.8 cm³/mol. The van der Waals surface area contributed by atoms with Crippen LogP contribution in [0.25, 0.3) is 10.9 Å². The standard InChI is InChI=1S/C16H16N4OS3/c1-22-15-18-19-16(24-15)23-9-14(21)20-7-6-13-11(8-20)10-4-2-3-5-12(10)17-13/h2-5,17H,6-9H2,1H3. The summed E-state index contributed by atoms with van der Waals surface area (Å²) in [4.78, 5) is 18.0. The number of thioether (sulfide) groups is 2. The van der Waals surface area contributed by atoms with Gasteiger partial charge in [-0.3, -0.25) is 4.79 Å². The molecule has 1 amide bonds. The van der Waals surface area contributed by atoms with E-state index in [1.807, 2.05) is 23.3 Å². The summed E-state index contributed by atoms with van der Waals surface area (Å²) in [5, 5.41) is 9.40. The van der Waals surface area contributed by atoms with Crippen molar-refractivity contribution in [3.8, 4) is 0 Å². The number of para-hydroxylation sites is 1. The number of rotatable bonds is 4. The minimum Gasteiger partial charge on any atom is -0.358 e. The Morgan fingerprint density at radius 2 is 2.17 bits per heavy atom. The number of hydrogen-bond acceptors (Lipinski definition) is 6. The molecule has 2 aromatic heterocycles. The number of hydrogen-bond donors (Lipinski definition) is 1. The van der Waals surface area contributed by atoms with Gasteiger partial charge in [-0.05, 0) is 12.3 Å². The van der Waals surface area contributed by atoms with Crippen LogP contribution in [0.5, 0.6) is 0 Å². The Balaban J connectivity index is 1.44. The first-order valence-corrected chi connectivity index (χ1v) is 10.6. The van der Waals surface area contributed by atoms with Crippen LogP contribution in [0.4, 0.5) is 0 Å². The van der Waals surface area contributed by atoms with Gasteiger partial charge in [-0.25, -0.2) is 0 Å². The van der Waals surface area contributed by atoms with Gasteiger partial charge in [0, 0.05) is 41.7 Å². The number of carbonyl (C=O) groups is 1. The van der Waals surface area contributed by atoms with Crippen LogP contribution >= 0.6 is 34.9 Å². The van der Waals surface area contributed by atoms with Crippen molar-refractivity contribution in [2.24, 2.45) is 0 Å². The largest absolute Gasteiger partial charge is 0.358 e. The molecule has 4 rings (SSSR count). The number of carbonyl (C=O) groups excluding carboxylic acids is 1. The van der Waals surface area contributed by atoms with Crippen LogP contribution in [-0.4, -0.2) is 44.5 Å². The van der Waals surface area contributed by atoms with E-state index in [9.17, 15) is 4.79 Å². The van der Waals surface area contributed by atoms with Gasteiger partial charge < -0.3 is 9.88 Å². The van der Waals surface area contributed by atoms with Gasteiger partial charge in [-0.2, -0.15) is 0 Å². The van der Waals surface area contributed by atoms with Crippen molar-refractivity contribution >= 4 is 51.7 Å². The molecule has 24 heavy (non-hydrogen) atoms. The average molecular weight is 377 g/mol. The van der Waals surface area contributed by atoms with E-state index in [0.717, 1.165) is 27.2 Å². The number of aromatic amines is 1. The van der Waals surface area contributed by atoms with Gasteiger partial charge in [0.2, 0.25) is 5.91 Å². The van der Waals surface area contributed by atoms with E-state index < -0.39 is 0 Å². The third-order valence-electron chi connectivity index (χ3n) is 4.12. The van der Waals surface area contributed by atoms with E-state index >= 15 is 0 Å². The monoisotopic (exact) mass is 376 g/mol. The van der Waals surface area contributed by atoms with E-state index in [1.54, 1.807) is 23.1 Å². The fraction of sp³-hybridized carbons (Fsp3) is 0.312. The summed E-state index contributed by atoms with van der Waals surface area (Å²) < 4.78 is 1.80. The van der Waals surface area contributed by atoms with Gasteiger partial charge in [0.25, 0.3) is 0 Å². The van der Waals surface area contributed by atoms with Crippen molar-refractivity contribution in [1.82, 2.24) is 20.1 Å². The summed E-state index contributed by atoms with van der Waals surface area (Å²) in [5.41, 5.74) is 3.68. The lowest BCUT2D eigenvalue weighted by Crippen LogP contribution is -2.36. The summed E-state index contributed by atoms with van der Waals surface area (Å²) in [6.45, 7) is 1.45. The molecule has 0 bridgehead atoms. The highest BCUT2D eigenvalue weighted by Crippen LogP contribution is 2.30. The fourth-order valence-corrected chi connectivity index (χ4v) is 5.27. The average Bonchev–Trinajstić information content (AvgIpc) is 3.23. The molecule has 1 aromatic carbocycles. The van der Waals surface area contributed by atoms with E-state index in [0.29, 0.717) is 12.3 Å². The van der Waals surface area contributed by atoms with Gasteiger partial charge >= 0.3 is 0 Å². The zero-order valence-corrected chi connectivity index (χ0v) is 15.6. The van der Waals surface area contributed by atoms with Crippen LogP contribution in [0.3, 0.4) is 0 Å². The maximum atomic E-state index is 12.6. The van der Waals surface area contributed by atoms with E-state index in [1.165, 1.54) is 28.4 Å². The van der Waals surface area contributed by atoms with E-state index in [-0.39, 0.29) is 5.91 Å². The van der Waals surface area contributed by atoms with Gasteiger partial charge in [0.1, 0.15) is 0 Å². The number of aromatic nitrogens is 3. The molecular weight excluding hydrogens is 360 g/mol. The number of benzene rings is 1. The molecule has 3 aromatic rings. The Morgan fingerprint density at radius 3 is 3.00 bits per heavy atom. The van der Waals surface area contributed by atoms with E-state index in [4.69, 9.17) is 0 Å². The number of amides is 1. The molecule has 3 heterocycles. The van der Waals surface area contributed by atoms with Gasteiger partial charge in [0.15, 0.2) is 8.68 Å². The highest BCUT2D eigenvalue weighted by atomic mass is 32.2. The molecule has 0 saturated carbocycles. The Labute approximate surface area is 152 Å². The minimum absolute atomic E-state index is 0.164. The smallest absolute Gasteiger partial charge is 0.233 e. The van der Waals surface area contributed by atoms with E-state index in [2.05, 4.69) is 27.3 Å². The first-order chi connectivity index (χ1) is 11.7. The molecule has 0 atom stereocenters. The second-order valence-corrected chi connectivity index (χ2v) is 8.77. The van der Waals surface area contributed by atoms with Crippen molar-refractivity contribution in [2.75, 3.05) is 18.6 Å². The zero-order chi connectivity index (χ0) is 16.5. The lowest BCUT2D eigenvalue weighted by atomic mass is 10.0. The maximum absolute atomic E-state index is 12.6. The topological polar surface area (TPSA) is 61.9 Å². The quantitative estimate of drug-likeness (QED) is 0.707. The molecule has 1 N–H and O–H groups in total. The van der Waals surface area contributed by atoms with Crippen LogP contribution < -0.4 is 0 Å². The molecule has 5 nitrogen and oxygen atoms in total. The minimum atomic E-state index is 0.164. The molecule has 0 unspecified atom stereocenters. The molecule has 0 saturated heterocycles. The number of fused-ring (bicyclic) bond motifs is 3. The predicted octanol–water partition coefficient (Wildman–Crippen LogP) is 3.42.